The minimum absolute atomic E-state index is 0.406. The first-order valence-corrected chi connectivity index (χ1v) is 6.77. The van der Waals surface area contributed by atoms with Crippen LogP contribution in [0.1, 0.15) is 76.0 Å². The zero-order chi connectivity index (χ0) is 13.9. The van der Waals surface area contributed by atoms with Gasteiger partial charge in [-0.25, -0.2) is 0 Å². The average molecular weight is 247 g/mol. The summed E-state index contributed by atoms with van der Waals surface area (Å²) in [6.45, 7) is 13.2. The van der Waals surface area contributed by atoms with Crippen molar-refractivity contribution < 1.29 is 4.79 Å². The maximum Gasteiger partial charge on any atom is 0.211 e. The molecule has 0 atom stereocenters. The van der Waals surface area contributed by atoms with Crippen molar-refractivity contribution in [3.63, 3.8) is 0 Å². The topological polar surface area (TPSA) is 29.1 Å². The van der Waals surface area contributed by atoms with Gasteiger partial charge in [0.15, 0.2) is 0 Å². The molecule has 0 aliphatic heterocycles. The lowest BCUT2D eigenvalue weighted by Gasteiger charge is -2.25. The molecule has 1 aromatic carbocycles. The molecule has 2 nitrogen and oxygen atoms in total. The molecule has 0 aliphatic carbocycles. The highest BCUT2D eigenvalue weighted by Gasteiger charge is 2.19. The smallest absolute Gasteiger partial charge is 0.211 e. The van der Waals surface area contributed by atoms with E-state index in [9.17, 15) is 4.79 Å². The molecule has 0 aromatic heterocycles. The Morgan fingerprint density at radius 1 is 0.889 bits per heavy atom. The van der Waals surface area contributed by atoms with Gasteiger partial charge in [0, 0.05) is 5.69 Å². The molecule has 0 unspecified atom stereocenters. The molecular formula is C16H25NO. The van der Waals surface area contributed by atoms with E-state index in [0.29, 0.717) is 17.8 Å². The second kappa shape index (κ2) is 6.03. The molecule has 0 saturated carbocycles. The largest absolute Gasteiger partial charge is 0.328 e. The highest BCUT2D eigenvalue weighted by atomic mass is 16.1. The predicted molar refractivity (Wildman–Crippen MR) is 78.4 cm³/mol. The average Bonchev–Trinajstić information content (AvgIpc) is 2.27. The van der Waals surface area contributed by atoms with Crippen LogP contribution >= 0.6 is 0 Å². The predicted octanol–water partition coefficient (Wildman–Crippen LogP) is 4.63. The third kappa shape index (κ3) is 2.92. The number of hydrogen-bond donors (Lipinski definition) is 1. The number of carbonyl (C=O) groups excluding carboxylic acids is 1. The van der Waals surface area contributed by atoms with Gasteiger partial charge in [-0.05, 0) is 40.5 Å². The summed E-state index contributed by atoms with van der Waals surface area (Å²) in [7, 11) is 0. The van der Waals surface area contributed by atoms with E-state index < -0.39 is 0 Å². The number of rotatable bonds is 5. The molecule has 0 aliphatic rings. The lowest BCUT2D eigenvalue weighted by Crippen LogP contribution is -2.09. The van der Waals surface area contributed by atoms with Crippen molar-refractivity contribution in [1.29, 1.82) is 0 Å². The molecule has 100 valence electrons. The van der Waals surface area contributed by atoms with Crippen LogP contribution in [-0.4, -0.2) is 6.41 Å². The Bertz CT molecular complexity index is 419. The van der Waals surface area contributed by atoms with Gasteiger partial charge in [-0.1, -0.05) is 47.6 Å². The molecule has 2 heteroatoms. The van der Waals surface area contributed by atoms with Crippen molar-refractivity contribution in [2.24, 2.45) is 0 Å². The Hall–Kier alpha value is -1.31. The third-order valence-electron chi connectivity index (χ3n) is 3.31. The van der Waals surface area contributed by atoms with Gasteiger partial charge in [0.25, 0.3) is 0 Å². The van der Waals surface area contributed by atoms with E-state index in [1.54, 1.807) is 0 Å². The summed E-state index contributed by atoms with van der Waals surface area (Å²) in [4.78, 5) is 10.7. The highest BCUT2D eigenvalue weighted by Crippen LogP contribution is 2.37. The van der Waals surface area contributed by atoms with Gasteiger partial charge in [-0.15, -0.1) is 0 Å². The molecule has 18 heavy (non-hydrogen) atoms. The standard InChI is InChI=1S/C16H25NO/c1-10(2)13-7-8-14(17-9-18)16(12(5)6)15(13)11(3)4/h7-12H,1-6H3,(H,17,18). The Labute approximate surface area is 111 Å². The first-order valence-electron chi connectivity index (χ1n) is 6.77. The molecule has 1 aromatic rings. The number of anilines is 1. The van der Waals surface area contributed by atoms with E-state index in [2.05, 4.69) is 52.9 Å². The van der Waals surface area contributed by atoms with Gasteiger partial charge < -0.3 is 5.32 Å². The van der Waals surface area contributed by atoms with E-state index in [-0.39, 0.29) is 0 Å². The molecule has 0 heterocycles. The Kier molecular flexibility index (Phi) is 4.94. The number of hydrogen-bond acceptors (Lipinski definition) is 1. The summed E-state index contributed by atoms with van der Waals surface area (Å²) in [6, 6.07) is 4.18. The summed E-state index contributed by atoms with van der Waals surface area (Å²) in [5, 5.41) is 2.84. The summed E-state index contributed by atoms with van der Waals surface area (Å²) in [5.41, 5.74) is 5.02. The fourth-order valence-corrected chi connectivity index (χ4v) is 2.61. The van der Waals surface area contributed by atoms with E-state index in [4.69, 9.17) is 0 Å². The Balaban J connectivity index is 3.54. The van der Waals surface area contributed by atoms with Crippen molar-refractivity contribution in [2.45, 2.75) is 59.3 Å². The van der Waals surface area contributed by atoms with Gasteiger partial charge >= 0.3 is 0 Å². The molecule has 1 rings (SSSR count). The summed E-state index contributed by atoms with van der Waals surface area (Å²) in [5.74, 6) is 1.38. The molecule has 0 spiro atoms. The van der Waals surface area contributed by atoms with Crippen LogP contribution in [0.15, 0.2) is 12.1 Å². The van der Waals surface area contributed by atoms with Crippen molar-refractivity contribution in [3.8, 4) is 0 Å². The Morgan fingerprint density at radius 2 is 1.44 bits per heavy atom. The fourth-order valence-electron chi connectivity index (χ4n) is 2.61. The second-order valence-corrected chi connectivity index (χ2v) is 5.76. The Morgan fingerprint density at radius 3 is 1.83 bits per heavy atom. The number of carbonyl (C=O) groups is 1. The van der Waals surface area contributed by atoms with E-state index in [1.165, 1.54) is 16.7 Å². The first kappa shape index (κ1) is 14.7. The summed E-state index contributed by atoms with van der Waals surface area (Å²) >= 11 is 0. The van der Waals surface area contributed by atoms with E-state index in [1.807, 2.05) is 6.07 Å². The van der Waals surface area contributed by atoms with Crippen LogP contribution in [0.25, 0.3) is 0 Å². The minimum Gasteiger partial charge on any atom is -0.328 e. The molecular weight excluding hydrogens is 222 g/mol. The maximum absolute atomic E-state index is 10.7. The molecule has 0 fully saturated rings. The summed E-state index contributed by atoms with van der Waals surface area (Å²) < 4.78 is 0. The van der Waals surface area contributed by atoms with Crippen LogP contribution < -0.4 is 5.32 Å². The van der Waals surface area contributed by atoms with Crippen LogP contribution in [-0.2, 0) is 4.79 Å². The van der Waals surface area contributed by atoms with Crippen LogP contribution in [0, 0.1) is 0 Å². The van der Waals surface area contributed by atoms with Gasteiger partial charge in [-0.3, -0.25) is 4.79 Å². The van der Waals surface area contributed by atoms with Crippen molar-refractivity contribution >= 4 is 12.1 Å². The second-order valence-electron chi connectivity index (χ2n) is 5.76. The van der Waals surface area contributed by atoms with E-state index >= 15 is 0 Å². The van der Waals surface area contributed by atoms with Gasteiger partial charge in [0.05, 0.1) is 0 Å². The van der Waals surface area contributed by atoms with Gasteiger partial charge in [0.2, 0.25) is 6.41 Å². The minimum atomic E-state index is 0.406. The molecule has 0 bridgehead atoms. The maximum atomic E-state index is 10.7. The first-order chi connectivity index (χ1) is 8.40. The third-order valence-corrected chi connectivity index (χ3v) is 3.31. The van der Waals surface area contributed by atoms with Crippen LogP contribution in [0.4, 0.5) is 5.69 Å². The lowest BCUT2D eigenvalue weighted by molar-refractivity contribution is -0.105. The van der Waals surface area contributed by atoms with Crippen LogP contribution in [0.3, 0.4) is 0 Å². The molecule has 0 radical (unpaired) electrons. The van der Waals surface area contributed by atoms with Gasteiger partial charge in [0.1, 0.15) is 0 Å². The molecule has 1 N–H and O–H groups in total. The number of nitrogens with one attached hydrogen (secondary N) is 1. The van der Waals surface area contributed by atoms with Gasteiger partial charge in [-0.2, -0.15) is 0 Å². The summed E-state index contributed by atoms with van der Waals surface area (Å²) in [6.07, 6.45) is 0.764. The zero-order valence-corrected chi connectivity index (χ0v) is 12.4. The van der Waals surface area contributed by atoms with Crippen molar-refractivity contribution in [1.82, 2.24) is 0 Å². The molecule has 0 saturated heterocycles. The highest BCUT2D eigenvalue weighted by molar-refractivity contribution is 5.75. The normalized spacial score (nSPS) is 11.4. The fraction of sp³-hybridized carbons (Fsp3) is 0.562. The monoisotopic (exact) mass is 247 g/mol. The molecule has 1 amide bonds. The quantitative estimate of drug-likeness (QED) is 0.755. The number of benzene rings is 1. The SMILES string of the molecule is CC(C)c1ccc(NC=O)c(C(C)C)c1C(C)C. The van der Waals surface area contributed by atoms with Crippen molar-refractivity contribution in [2.75, 3.05) is 5.32 Å². The van der Waals surface area contributed by atoms with Crippen LogP contribution in [0.2, 0.25) is 0 Å². The van der Waals surface area contributed by atoms with Crippen LogP contribution in [0.5, 0.6) is 0 Å². The van der Waals surface area contributed by atoms with Crippen molar-refractivity contribution in [3.05, 3.63) is 28.8 Å². The van der Waals surface area contributed by atoms with E-state index in [0.717, 1.165) is 12.1 Å². The number of amides is 1. The zero-order valence-electron chi connectivity index (χ0n) is 12.4. The lowest BCUT2D eigenvalue weighted by atomic mass is 9.82.